The number of carbonyl (C=O) groups excluding carboxylic acids is 1. The Morgan fingerprint density at radius 3 is 2.89 bits per heavy atom. The van der Waals surface area contributed by atoms with Gasteiger partial charge in [0.05, 0.1) is 10.9 Å². The van der Waals surface area contributed by atoms with Crippen molar-refractivity contribution in [1.82, 2.24) is 5.32 Å². The molecule has 3 nitrogen and oxygen atoms in total. The highest BCUT2D eigenvalue weighted by atomic mass is 35.5. The second-order valence-corrected chi connectivity index (χ2v) is 5.80. The Hall–Kier alpha value is -0.580. The van der Waals surface area contributed by atoms with Gasteiger partial charge in [0.2, 0.25) is 0 Å². The van der Waals surface area contributed by atoms with E-state index in [9.17, 15) is 4.79 Å². The zero-order valence-corrected chi connectivity index (χ0v) is 12.3. The molecule has 1 heterocycles. The van der Waals surface area contributed by atoms with Gasteiger partial charge in [-0.05, 0) is 38.4 Å². The van der Waals surface area contributed by atoms with Gasteiger partial charge in [-0.15, -0.1) is 11.3 Å². The summed E-state index contributed by atoms with van der Waals surface area (Å²) in [6.45, 7) is 4.15. The van der Waals surface area contributed by atoms with Gasteiger partial charge in [0.25, 0.3) is 0 Å². The van der Waals surface area contributed by atoms with Crippen molar-refractivity contribution in [3.8, 4) is 0 Å². The number of hydrogen-bond donors (Lipinski definition) is 1. The van der Waals surface area contributed by atoms with Crippen LogP contribution < -0.4 is 5.32 Å². The van der Waals surface area contributed by atoms with Crippen molar-refractivity contribution in [2.75, 3.05) is 13.2 Å². The molecule has 0 aliphatic rings. The quantitative estimate of drug-likeness (QED) is 0.557. The summed E-state index contributed by atoms with van der Waals surface area (Å²) in [6, 6.07) is 3.96. The monoisotopic (exact) mass is 289 g/mol. The first-order chi connectivity index (χ1) is 8.72. The minimum atomic E-state index is -0.0845. The Labute approximate surface area is 117 Å². The van der Waals surface area contributed by atoms with Crippen LogP contribution in [0.5, 0.6) is 0 Å². The molecule has 0 aromatic carbocycles. The molecule has 5 heteroatoms. The third-order valence-corrected chi connectivity index (χ3v) is 3.70. The lowest BCUT2D eigenvalue weighted by molar-refractivity contribution is -0.143. The van der Waals surface area contributed by atoms with Crippen LogP contribution in [-0.2, 0) is 16.1 Å². The maximum Gasteiger partial charge on any atom is 0.305 e. The Morgan fingerprint density at radius 2 is 2.22 bits per heavy atom. The van der Waals surface area contributed by atoms with Crippen LogP contribution in [0.1, 0.15) is 37.5 Å². The lowest BCUT2D eigenvalue weighted by atomic mass is 10.2. The Balaban J connectivity index is 1.91. The fourth-order valence-corrected chi connectivity index (χ4v) is 2.64. The van der Waals surface area contributed by atoms with E-state index in [-0.39, 0.29) is 5.97 Å². The maximum atomic E-state index is 11.1. The molecule has 0 bridgehead atoms. The zero-order valence-electron chi connectivity index (χ0n) is 10.7. The van der Waals surface area contributed by atoms with E-state index in [0.717, 1.165) is 36.7 Å². The zero-order chi connectivity index (χ0) is 13.2. The lowest BCUT2D eigenvalue weighted by Crippen LogP contribution is -2.13. The van der Waals surface area contributed by atoms with E-state index in [4.69, 9.17) is 16.3 Å². The average Bonchev–Trinajstić information content (AvgIpc) is 2.74. The van der Waals surface area contributed by atoms with Crippen molar-refractivity contribution >= 4 is 28.9 Å². The molecular formula is C13H20ClNO2S. The first-order valence-electron chi connectivity index (χ1n) is 6.33. The largest absolute Gasteiger partial charge is 0.466 e. The van der Waals surface area contributed by atoms with Crippen molar-refractivity contribution in [2.45, 2.75) is 39.2 Å². The Morgan fingerprint density at radius 1 is 1.39 bits per heavy atom. The molecule has 18 heavy (non-hydrogen) atoms. The number of halogens is 1. The van der Waals surface area contributed by atoms with Gasteiger partial charge in [0.15, 0.2) is 0 Å². The molecule has 1 N–H and O–H groups in total. The Kier molecular flexibility index (Phi) is 8.05. The molecule has 0 aliphatic carbocycles. The number of esters is 1. The smallest absolute Gasteiger partial charge is 0.305 e. The summed E-state index contributed by atoms with van der Waals surface area (Å²) in [6.07, 6.45) is 3.58. The Bertz CT molecular complexity index is 355. The minimum Gasteiger partial charge on any atom is -0.466 e. The summed E-state index contributed by atoms with van der Waals surface area (Å²) in [5, 5.41) is 3.36. The van der Waals surface area contributed by atoms with Crippen LogP contribution in [0.3, 0.4) is 0 Å². The topological polar surface area (TPSA) is 38.3 Å². The van der Waals surface area contributed by atoms with Crippen molar-refractivity contribution in [3.63, 3.8) is 0 Å². The van der Waals surface area contributed by atoms with E-state index in [1.54, 1.807) is 11.3 Å². The van der Waals surface area contributed by atoms with E-state index >= 15 is 0 Å². The minimum absolute atomic E-state index is 0.0845. The fraction of sp³-hybridized carbons (Fsp3) is 0.615. The molecule has 0 atom stereocenters. The molecule has 0 unspecified atom stereocenters. The van der Waals surface area contributed by atoms with Crippen LogP contribution in [0.2, 0.25) is 4.34 Å². The number of nitrogens with one attached hydrogen (secondary N) is 1. The van der Waals surface area contributed by atoms with E-state index in [1.807, 2.05) is 19.1 Å². The number of rotatable bonds is 9. The average molecular weight is 290 g/mol. The maximum absolute atomic E-state index is 11.1. The standard InChI is InChI=1S/C13H20ClNO2S/c1-2-17-13(16)6-4-3-5-9-15-10-11-7-8-12(14)18-11/h7-8,15H,2-6,9-10H2,1H3. The highest BCUT2D eigenvalue weighted by molar-refractivity contribution is 7.16. The lowest BCUT2D eigenvalue weighted by Gasteiger charge is -2.03. The van der Waals surface area contributed by atoms with E-state index in [2.05, 4.69) is 5.32 Å². The molecule has 102 valence electrons. The summed E-state index contributed by atoms with van der Waals surface area (Å²) in [7, 11) is 0. The summed E-state index contributed by atoms with van der Waals surface area (Å²) < 4.78 is 5.70. The van der Waals surface area contributed by atoms with Crippen LogP contribution in [0, 0.1) is 0 Å². The third kappa shape index (κ3) is 6.99. The fourth-order valence-electron chi connectivity index (χ4n) is 1.59. The van der Waals surface area contributed by atoms with Crippen LogP contribution in [0.15, 0.2) is 12.1 Å². The van der Waals surface area contributed by atoms with E-state index in [1.165, 1.54) is 4.88 Å². The molecule has 0 fully saturated rings. The van der Waals surface area contributed by atoms with Gasteiger partial charge in [0, 0.05) is 17.8 Å². The van der Waals surface area contributed by atoms with Gasteiger partial charge in [-0.3, -0.25) is 4.79 Å². The molecular weight excluding hydrogens is 270 g/mol. The number of ether oxygens (including phenoxy) is 1. The summed E-state index contributed by atoms with van der Waals surface area (Å²) in [5.74, 6) is -0.0845. The van der Waals surface area contributed by atoms with E-state index < -0.39 is 0 Å². The van der Waals surface area contributed by atoms with Crippen LogP contribution in [0.25, 0.3) is 0 Å². The van der Waals surface area contributed by atoms with E-state index in [0.29, 0.717) is 13.0 Å². The first kappa shape index (κ1) is 15.5. The molecule has 1 aromatic rings. The van der Waals surface area contributed by atoms with Crippen molar-refractivity contribution < 1.29 is 9.53 Å². The number of unbranched alkanes of at least 4 members (excludes halogenated alkanes) is 2. The van der Waals surface area contributed by atoms with Crippen LogP contribution in [-0.4, -0.2) is 19.1 Å². The molecule has 0 radical (unpaired) electrons. The predicted molar refractivity (Wildman–Crippen MR) is 76.1 cm³/mol. The van der Waals surface area contributed by atoms with Crippen LogP contribution in [0.4, 0.5) is 0 Å². The molecule has 1 aromatic heterocycles. The van der Waals surface area contributed by atoms with Gasteiger partial charge >= 0.3 is 5.97 Å². The molecule has 0 aliphatic heterocycles. The number of thiophene rings is 1. The molecule has 0 spiro atoms. The molecule has 0 amide bonds. The van der Waals surface area contributed by atoms with Crippen molar-refractivity contribution in [3.05, 3.63) is 21.3 Å². The predicted octanol–water partition coefficient (Wildman–Crippen LogP) is 3.61. The molecule has 1 rings (SSSR count). The second-order valence-electron chi connectivity index (χ2n) is 4.00. The van der Waals surface area contributed by atoms with Crippen LogP contribution >= 0.6 is 22.9 Å². The van der Waals surface area contributed by atoms with Gasteiger partial charge in [-0.25, -0.2) is 0 Å². The number of hydrogen-bond acceptors (Lipinski definition) is 4. The molecule has 0 saturated carbocycles. The normalized spacial score (nSPS) is 10.6. The highest BCUT2D eigenvalue weighted by Gasteiger charge is 2.01. The second kappa shape index (κ2) is 9.36. The number of carbonyl (C=O) groups is 1. The van der Waals surface area contributed by atoms with Crippen molar-refractivity contribution in [1.29, 1.82) is 0 Å². The van der Waals surface area contributed by atoms with Crippen molar-refractivity contribution in [2.24, 2.45) is 0 Å². The van der Waals surface area contributed by atoms with Gasteiger partial charge < -0.3 is 10.1 Å². The summed E-state index contributed by atoms with van der Waals surface area (Å²) in [5.41, 5.74) is 0. The van der Waals surface area contributed by atoms with Gasteiger partial charge in [-0.2, -0.15) is 0 Å². The molecule has 0 saturated heterocycles. The summed E-state index contributed by atoms with van der Waals surface area (Å²) in [4.78, 5) is 12.3. The SMILES string of the molecule is CCOC(=O)CCCCCNCc1ccc(Cl)s1. The first-order valence-corrected chi connectivity index (χ1v) is 7.52. The van der Waals surface area contributed by atoms with Gasteiger partial charge in [-0.1, -0.05) is 18.0 Å². The highest BCUT2D eigenvalue weighted by Crippen LogP contribution is 2.20. The van der Waals surface area contributed by atoms with Gasteiger partial charge in [0.1, 0.15) is 0 Å². The third-order valence-electron chi connectivity index (χ3n) is 2.47. The summed E-state index contributed by atoms with van der Waals surface area (Å²) >= 11 is 7.45.